The summed E-state index contributed by atoms with van der Waals surface area (Å²) in [5.41, 5.74) is 3.21. The van der Waals surface area contributed by atoms with Gasteiger partial charge in [-0.15, -0.1) is 10.2 Å². The van der Waals surface area contributed by atoms with Gasteiger partial charge in [-0.2, -0.15) is 0 Å². The third-order valence-corrected chi connectivity index (χ3v) is 7.05. The quantitative estimate of drug-likeness (QED) is 0.127. The Morgan fingerprint density at radius 1 is 1.08 bits per heavy atom. The maximum absolute atomic E-state index is 13.1. The Morgan fingerprint density at radius 2 is 1.78 bits per heavy atom. The molecule has 0 aliphatic rings. The van der Waals surface area contributed by atoms with Gasteiger partial charge in [-0.25, -0.2) is 4.39 Å². The summed E-state index contributed by atoms with van der Waals surface area (Å²) in [6, 6.07) is 16.9. The van der Waals surface area contributed by atoms with Crippen LogP contribution in [-0.2, 0) is 6.61 Å². The van der Waals surface area contributed by atoms with E-state index in [9.17, 15) is 14.5 Å². The van der Waals surface area contributed by atoms with Crippen LogP contribution in [0.5, 0.6) is 5.75 Å². The molecule has 36 heavy (non-hydrogen) atoms. The fourth-order valence-electron chi connectivity index (χ4n) is 3.60. The predicted octanol–water partition coefficient (Wildman–Crippen LogP) is 7.02. The van der Waals surface area contributed by atoms with E-state index >= 15 is 0 Å². The van der Waals surface area contributed by atoms with Crippen LogP contribution in [0.4, 0.5) is 4.39 Å². The summed E-state index contributed by atoms with van der Waals surface area (Å²) in [4.78, 5) is 11.1. The lowest BCUT2D eigenvalue weighted by Crippen LogP contribution is -2.11. The minimum absolute atomic E-state index is 0.130. The summed E-state index contributed by atoms with van der Waals surface area (Å²) in [6.07, 6.45) is 0. The zero-order valence-electron chi connectivity index (χ0n) is 19.3. The lowest BCUT2D eigenvalue weighted by Gasteiger charge is -2.17. The number of nitro groups is 1. The Hall–Kier alpha value is -3.14. The number of ether oxygens (including phenoxy) is 1. The molecule has 0 aliphatic heterocycles. The van der Waals surface area contributed by atoms with Crippen LogP contribution in [0.2, 0.25) is 10.0 Å². The second-order valence-corrected chi connectivity index (χ2v) is 10.0. The Morgan fingerprint density at radius 3 is 2.42 bits per heavy atom. The van der Waals surface area contributed by atoms with Gasteiger partial charge in [0.15, 0.2) is 10.9 Å². The summed E-state index contributed by atoms with van der Waals surface area (Å²) in [5.74, 6) is 0.556. The first kappa shape index (κ1) is 25.9. The van der Waals surface area contributed by atoms with Crippen LogP contribution in [0.25, 0.3) is 5.69 Å². The van der Waals surface area contributed by atoms with Gasteiger partial charge in [0.25, 0.3) is 0 Å². The van der Waals surface area contributed by atoms with Gasteiger partial charge in [-0.1, -0.05) is 59.2 Å². The molecule has 0 amide bonds. The Kier molecular flexibility index (Phi) is 8.13. The van der Waals surface area contributed by atoms with Gasteiger partial charge in [0, 0.05) is 10.6 Å². The molecule has 3 aromatic carbocycles. The second-order valence-electron chi connectivity index (χ2n) is 8.05. The van der Waals surface area contributed by atoms with Crippen molar-refractivity contribution in [1.82, 2.24) is 14.8 Å². The summed E-state index contributed by atoms with van der Waals surface area (Å²) in [7, 11) is 0. The summed E-state index contributed by atoms with van der Waals surface area (Å²) in [6.45, 7) is 3.55. The van der Waals surface area contributed by atoms with Gasteiger partial charge < -0.3 is 4.74 Å². The van der Waals surface area contributed by atoms with E-state index in [1.807, 2.05) is 42.7 Å². The molecule has 0 N–H and O–H groups in total. The Labute approximate surface area is 221 Å². The fourth-order valence-corrected chi connectivity index (χ4v) is 5.36. The molecule has 0 unspecified atom stereocenters. The molecule has 4 aromatic rings. The van der Waals surface area contributed by atoms with Crippen LogP contribution in [0.3, 0.4) is 0 Å². The predicted molar refractivity (Wildman–Crippen MR) is 138 cm³/mol. The molecule has 0 fully saturated rings. The number of hydrogen-bond donors (Lipinski definition) is 0. The molecule has 1 atom stereocenters. The molecule has 11 heteroatoms. The molecular formula is C25H21Cl2FN4O3S. The number of benzene rings is 3. The van der Waals surface area contributed by atoms with Crippen molar-refractivity contribution in [1.29, 1.82) is 0 Å². The largest absolute Gasteiger partial charge is 0.486 e. The molecule has 1 aromatic heterocycles. The number of nitrogens with zero attached hydrogens (tertiary/aromatic N) is 4. The molecule has 0 saturated heterocycles. The SMILES string of the molecule is Cc1cccc(-n2c(C)nnc2S[C@H](C[N+](=O)[O-])c2cc(Cl)c(OCc3ccc(F)cc3)c(Cl)c2)c1. The summed E-state index contributed by atoms with van der Waals surface area (Å²) >= 11 is 14.2. The van der Waals surface area contributed by atoms with Gasteiger partial charge in [-0.05, 0) is 66.9 Å². The Bertz CT molecular complexity index is 1380. The smallest absolute Gasteiger partial charge is 0.220 e. The van der Waals surface area contributed by atoms with Crippen LogP contribution in [0.1, 0.15) is 27.8 Å². The zero-order chi connectivity index (χ0) is 25.8. The fraction of sp³-hybridized carbons (Fsp3) is 0.200. The van der Waals surface area contributed by atoms with E-state index in [0.717, 1.165) is 16.8 Å². The van der Waals surface area contributed by atoms with Gasteiger partial charge in [0.05, 0.1) is 10.0 Å². The van der Waals surface area contributed by atoms with Crippen molar-refractivity contribution in [3.63, 3.8) is 0 Å². The van der Waals surface area contributed by atoms with Crippen molar-refractivity contribution in [3.05, 3.63) is 109 Å². The average molecular weight is 547 g/mol. The van der Waals surface area contributed by atoms with Gasteiger partial charge >= 0.3 is 0 Å². The number of hydrogen-bond acceptors (Lipinski definition) is 6. The van der Waals surface area contributed by atoms with Crippen LogP contribution in [0, 0.1) is 29.8 Å². The molecule has 0 radical (unpaired) electrons. The number of thioether (sulfide) groups is 1. The van der Waals surface area contributed by atoms with Gasteiger partial charge in [0.1, 0.15) is 23.5 Å². The van der Waals surface area contributed by atoms with Crippen molar-refractivity contribution in [3.8, 4) is 11.4 Å². The van der Waals surface area contributed by atoms with E-state index in [2.05, 4.69) is 10.2 Å². The normalized spacial score (nSPS) is 11.9. The Balaban J connectivity index is 1.62. The summed E-state index contributed by atoms with van der Waals surface area (Å²) in [5, 5.41) is 20.3. The number of aryl methyl sites for hydroxylation is 2. The van der Waals surface area contributed by atoms with Gasteiger partial charge in [-0.3, -0.25) is 14.7 Å². The number of aromatic nitrogens is 3. The van der Waals surface area contributed by atoms with Crippen LogP contribution >= 0.6 is 35.0 Å². The third-order valence-electron chi connectivity index (χ3n) is 5.31. The maximum Gasteiger partial charge on any atom is 0.220 e. The summed E-state index contributed by atoms with van der Waals surface area (Å²) < 4.78 is 20.8. The van der Waals surface area contributed by atoms with E-state index in [4.69, 9.17) is 27.9 Å². The number of halogens is 3. The molecule has 0 aliphatic carbocycles. The standard InChI is InChI=1S/C25H21Cl2FN4O3S/c1-15-4-3-5-20(10-15)32-16(2)29-30-25(32)36-23(13-31(33)34)18-11-21(26)24(22(27)12-18)35-14-17-6-8-19(28)9-7-17/h3-12,23H,13-14H2,1-2H3/t23-/m1/s1. The molecule has 0 saturated carbocycles. The average Bonchev–Trinajstić information content (AvgIpc) is 3.18. The first-order valence-corrected chi connectivity index (χ1v) is 12.5. The highest BCUT2D eigenvalue weighted by atomic mass is 35.5. The van der Waals surface area contributed by atoms with Crippen LogP contribution < -0.4 is 4.74 Å². The highest BCUT2D eigenvalue weighted by Gasteiger charge is 2.26. The van der Waals surface area contributed by atoms with Crippen molar-refractivity contribution >= 4 is 35.0 Å². The first-order chi connectivity index (χ1) is 17.2. The molecule has 4 rings (SSSR count). The topological polar surface area (TPSA) is 83.1 Å². The van der Waals surface area contributed by atoms with Crippen molar-refractivity contribution < 1.29 is 14.1 Å². The van der Waals surface area contributed by atoms with E-state index < -0.39 is 10.2 Å². The minimum atomic E-state index is -0.645. The van der Waals surface area contributed by atoms with Gasteiger partial charge in [0.2, 0.25) is 6.54 Å². The molecule has 0 bridgehead atoms. The van der Waals surface area contributed by atoms with E-state index in [0.29, 0.717) is 16.5 Å². The van der Waals surface area contributed by atoms with Crippen LogP contribution in [0.15, 0.2) is 65.8 Å². The van der Waals surface area contributed by atoms with E-state index in [1.165, 1.54) is 23.9 Å². The minimum Gasteiger partial charge on any atom is -0.486 e. The zero-order valence-corrected chi connectivity index (χ0v) is 21.6. The van der Waals surface area contributed by atoms with Crippen molar-refractivity contribution in [2.24, 2.45) is 0 Å². The molecule has 0 spiro atoms. The van der Waals surface area contributed by atoms with Crippen molar-refractivity contribution in [2.75, 3.05) is 6.54 Å². The monoisotopic (exact) mass is 546 g/mol. The first-order valence-electron chi connectivity index (χ1n) is 10.8. The molecular weight excluding hydrogens is 526 g/mol. The van der Waals surface area contributed by atoms with E-state index in [1.54, 1.807) is 24.3 Å². The maximum atomic E-state index is 13.1. The lowest BCUT2D eigenvalue weighted by atomic mass is 10.1. The molecule has 186 valence electrons. The van der Waals surface area contributed by atoms with Crippen molar-refractivity contribution in [2.45, 2.75) is 30.9 Å². The van der Waals surface area contributed by atoms with E-state index in [-0.39, 0.29) is 34.8 Å². The molecule has 1 heterocycles. The highest BCUT2D eigenvalue weighted by molar-refractivity contribution is 7.99. The second kappa shape index (κ2) is 11.3. The number of rotatable bonds is 9. The van der Waals surface area contributed by atoms with Crippen LogP contribution in [-0.4, -0.2) is 26.2 Å². The third kappa shape index (κ3) is 6.16. The lowest BCUT2D eigenvalue weighted by molar-refractivity contribution is -0.479. The highest BCUT2D eigenvalue weighted by Crippen LogP contribution is 2.42. The molecule has 7 nitrogen and oxygen atoms in total.